The third-order valence-corrected chi connectivity index (χ3v) is 6.13. The molecular weight excluding hydrogens is 368 g/mol. The molecule has 2 aromatic rings. The van der Waals surface area contributed by atoms with Gasteiger partial charge < -0.3 is 4.74 Å². The van der Waals surface area contributed by atoms with Crippen LogP contribution in [0.1, 0.15) is 37.7 Å². The van der Waals surface area contributed by atoms with Crippen LogP contribution in [-0.4, -0.2) is 29.1 Å². The van der Waals surface area contributed by atoms with Gasteiger partial charge in [-0.1, -0.05) is 49.6 Å². The molecule has 0 spiro atoms. The van der Waals surface area contributed by atoms with Crippen molar-refractivity contribution in [2.75, 3.05) is 7.11 Å². The molecule has 2 aliphatic rings. The van der Waals surface area contributed by atoms with E-state index >= 15 is 0 Å². The van der Waals surface area contributed by atoms with Gasteiger partial charge in [-0.05, 0) is 60.5 Å². The summed E-state index contributed by atoms with van der Waals surface area (Å²) in [5.41, 5.74) is 1.83. The average molecular weight is 393 g/mol. The molecule has 0 N–H and O–H groups in total. The van der Waals surface area contributed by atoms with Crippen molar-refractivity contribution in [1.29, 1.82) is 0 Å². The van der Waals surface area contributed by atoms with Crippen LogP contribution < -0.4 is 4.74 Å². The van der Waals surface area contributed by atoms with Gasteiger partial charge in [0.25, 0.3) is 5.91 Å². The summed E-state index contributed by atoms with van der Waals surface area (Å²) in [5.74, 6) is 0.849. The zero-order chi connectivity index (χ0) is 19.3. The molecule has 0 radical (unpaired) electrons. The number of rotatable bonds is 4. The van der Waals surface area contributed by atoms with Gasteiger partial charge >= 0.3 is 0 Å². The molecular formula is C23H24N2O2S. The molecule has 5 heteroatoms. The molecule has 1 aliphatic heterocycles. The van der Waals surface area contributed by atoms with E-state index in [1.54, 1.807) is 7.11 Å². The fourth-order valence-corrected chi connectivity index (χ4v) is 4.78. The lowest BCUT2D eigenvalue weighted by atomic mass is 9.94. The summed E-state index contributed by atoms with van der Waals surface area (Å²) in [6.45, 7) is 0. The quantitative estimate of drug-likeness (QED) is 0.633. The van der Waals surface area contributed by atoms with E-state index in [1.807, 2.05) is 65.6 Å². The second-order valence-electron chi connectivity index (χ2n) is 7.08. The molecule has 28 heavy (non-hydrogen) atoms. The van der Waals surface area contributed by atoms with Gasteiger partial charge in [0, 0.05) is 6.04 Å². The Balaban J connectivity index is 1.69. The lowest BCUT2D eigenvalue weighted by molar-refractivity contribution is -0.124. The maximum atomic E-state index is 13.3. The second kappa shape index (κ2) is 8.65. The summed E-state index contributed by atoms with van der Waals surface area (Å²) in [4.78, 5) is 20.7. The Morgan fingerprint density at radius 1 is 1.07 bits per heavy atom. The van der Waals surface area contributed by atoms with Crippen LogP contribution in [0, 0.1) is 0 Å². The molecule has 0 atom stereocenters. The Morgan fingerprint density at radius 2 is 1.86 bits per heavy atom. The predicted molar refractivity (Wildman–Crippen MR) is 116 cm³/mol. The number of hydrogen-bond donors (Lipinski definition) is 0. The first kappa shape index (κ1) is 18.8. The summed E-state index contributed by atoms with van der Waals surface area (Å²) in [6, 6.07) is 17.9. The third-order valence-electron chi connectivity index (χ3n) is 5.15. The smallest absolute Gasteiger partial charge is 0.267 e. The van der Waals surface area contributed by atoms with E-state index in [4.69, 9.17) is 9.73 Å². The van der Waals surface area contributed by atoms with Crippen LogP contribution in [0.15, 0.2) is 64.5 Å². The first-order valence-corrected chi connectivity index (χ1v) is 10.6. The summed E-state index contributed by atoms with van der Waals surface area (Å²) >= 11 is 1.47. The Hall–Kier alpha value is -2.53. The third kappa shape index (κ3) is 4.14. The Morgan fingerprint density at radius 3 is 2.61 bits per heavy atom. The summed E-state index contributed by atoms with van der Waals surface area (Å²) < 4.78 is 5.31. The minimum absolute atomic E-state index is 0.0643. The van der Waals surface area contributed by atoms with Crippen molar-refractivity contribution < 1.29 is 9.53 Å². The van der Waals surface area contributed by atoms with E-state index in [0.717, 1.165) is 35.0 Å². The lowest BCUT2D eigenvalue weighted by Crippen LogP contribution is -2.40. The number of carbonyl (C=O) groups is 1. The van der Waals surface area contributed by atoms with Gasteiger partial charge in [-0.2, -0.15) is 0 Å². The van der Waals surface area contributed by atoms with Crippen LogP contribution in [0.25, 0.3) is 6.08 Å². The molecule has 2 aromatic carbocycles. The number of benzene rings is 2. The molecule has 0 aromatic heterocycles. The number of ether oxygens (including phenoxy) is 1. The van der Waals surface area contributed by atoms with E-state index in [1.165, 1.54) is 31.0 Å². The number of nitrogens with zero attached hydrogens (tertiary/aromatic N) is 2. The van der Waals surface area contributed by atoms with Crippen LogP contribution in [0.4, 0.5) is 5.69 Å². The number of aliphatic imine (C=N–C) groups is 1. The van der Waals surface area contributed by atoms with Crippen LogP contribution in [0.2, 0.25) is 0 Å². The molecule has 0 unspecified atom stereocenters. The highest BCUT2D eigenvalue weighted by Crippen LogP contribution is 2.38. The Labute approximate surface area is 170 Å². The summed E-state index contributed by atoms with van der Waals surface area (Å²) in [7, 11) is 1.65. The summed E-state index contributed by atoms with van der Waals surface area (Å²) in [6.07, 6.45) is 7.64. The molecule has 1 amide bonds. The predicted octanol–water partition coefficient (Wildman–Crippen LogP) is 5.63. The standard InChI is InChI=1S/C23H24N2O2S/c1-27-20-14-8-9-17(15-20)16-21-22(26)25(19-12-6-3-7-13-19)23(28-21)24-18-10-4-2-5-11-18/h2,4-5,8-11,14-16,19H,3,6-7,12-13H2,1H3/b21-16-,24-23?. The van der Waals surface area contributed by atoms with Gasteiger partial charge in [0.1, 0.15) is 5.75 Å². The number of thioether (sulfide) groups is 1. The van der Waals surface area contributed by atoms with Crippen LogP contribution in [0.5, 0.6) is 5.75 Å². The molecule has 2 fully saturated rings. The van der Waals surface area contributed by atoms with E-state index in [0.29, 0.717) is 4.91 Å². The van der Waals surface area contributed by atoms with Crippen LogP contribution in [0.3, 0.4) is 0 Å². The molecule has 4 nitrogen and oxygen atoms in total. The highest BCUT2D eigenvalue weighted by atomic mass is 32.2. The second-order valence-corrected chi connectivity index (χ2v) is 8.09. The highest BCUT2D eigenvalue weighted by Gasteiger charge is 2.38. The van der Waals surface area contributed by atoms with Gasteiger partial charge in [0.05, 0.1) is 17.7 Å². The number of carbonyl (C=O) groups excluding carboxylic acids is 1. The van der Waals surface area contributed by atoms with Gasteiger partial charge in [0.2, 0.25) is 0 Å². The molecule has 1 heterocycles. The van der Waals surface area contributed by atoms with Crippen molar-refractivity contribution in [2.24, 2.45) is 4.99 Å². The van der Waals surface area contributed by atoms with E-state index in [-0.39, 0.29) is 11.9 Å². The maximum Gasteiger partial charge on any atom is 0.267 e. The number of methoxy groups -OCH3 is 1. The minimum Gasteiger partial charge on any atom is -0.497 e. The van der Waals surface area contributed by atoms with Crippen LogP contribution in [-0.2, 0) is 4.79 Å². The lowest BCUT2D eigenvalue weighted by Gasteiger charge is -2.30. The van der Waals surface area contributed by atoms with Crippen molar-refractivity contribution in [3.05, 3.63) is 65.1 Å². The topological polar surface area (TPSA) is 41.9 Å². The molecule has 4 rings (SSSR count). The molecule has 1 aliphatic carbocycles. The van der Waals surface area contributed by atoms with Crippen LogP contribution >= 0.6 is 11.8 Å². The molecule has 144 valence electrons. The van der Waals surface area contributed by atoms with Crippen molar-refractivity contribution in [2.45, 2.75) is 38.1 Å². The minimum atomic E-state index is 0.0643. The zero-order valence-corrected chi connectivity index (χ0v) is 16.8. The van der Waals surface area contributed by atoms with E-state index in [2.05, 4.69) is 0 Å². The fraction of sp³-hybridized carbons (Fsp3) is 0.304. The van der Waals surface area contributed by atoms with Crippen molar-refractivity contribution >= 4 is 34.6 Å². The number of hydrogen-bond acceptors (Lipinski definition) is 4. The summed E-state index contributed by atoms with van der Waals surface area (Å²) in [5, 5.41) is 0.789. The van der Waals surface area contributed by atoms with Gasteiger partial charge in [-0.15, -0.1) is 0 Å². The zero-order valence-electron chi connectivity index (χ0n) is 16.0. The first-order valence-electron chi connectivity index (χ1n) is 9.75. The average Bonchev–Trinajstić information content (AvgIpc) is 3.04. The van der Waals surface area contributed by atoms with E-state index < -0.39 is 0 Å². The van der Waals surface area contributed by atoms with Gasteiger partial charge in [-0.3, -0.25) is 9.69 Å². The molecule has 0 bridgehead atoms. The van der Waals surface area contributed by atoms with Crippen molar-refractivity contribution in [3.63, 3.8) is 0 Å². The number of amides is 1. The van der Waals surface area contributed by atoms with Gasteiger partial charge in [-0.25, -0.2) is 4.99 Å². The fourth-order valence-electron chi connectivity index (χ4n) is 3.72. The molecule has 1 saturated heterocycles. The maximum absolute atomic E-state index is 13.3. The Bertz CT molecular complexity index is 902. The number of para-hydroxylation sites is 1. The Kier molecular flexibility index (Phi) is 5.81. The van der Waals surface area contributed by atoms with Crippen molar-refractivity contribution in [1.82, 2.24) is 4.90 Å². The first-order chi connectivity index (χ1) is 13.7. The monoisotopic (exact) mass is 392 g/mol. The SMILES string of the molecule is COc1cccc(/C=C2\SC(=Nc3ccccc3)N(C3CCCCC3)C2=O)c1. The largest absolute Gasteiger partial charge is 0.497 e. The van der Waals surface area contributed by atoms with Crippen molar-refractivity contribution in [3.8, 4) is 5.75 Å². The normalized spacial score (nSPS) is 20.9. The molecule has 1 saturated carbocycles. The highest BCUT2D eigenvalue weighted by molar-refractivity contribution is 8.18. The van der Waals surface area contributed by atoms with E-state index in [9.17, 15) is 4.79 Å². The van der Waals surface area contributed by atoms with Gasteiger partial charge in [0.15, 0.2) is 5.17 Å². The number of amidine groups is 1.